The van der Waals surface area contributed by atoms with Gasteiger partial charge in [0.25, 0.3) is 0 Å². The Bertz CT molecular complexity index is 454. The molecule has 3 nitrogen and oxygen atoms in total. The van der Waals surface area contributed by atoms with Crippen molar-refractivity contribution in [2.24, 2.45) is 17.8 Å². The molecule has 0 spiro atoms. The molecule has 0 saturated heterocycles. The van der Waals surface area contributed by atoms with Crippen molar-refractivity contribution in [2.75, 3.05) is 5.32 Å². The molecular formula is C13H17ClFN3. The molecule has 4 unspecified atom stereocenters. The first-order chi connectivity index (χ1) is 8.63. The van der Waals surface area contributed by atoms with Crippen molar-refractivity contribution in [3.8, 4) is 0 Å². The standard InChI is InChI=1S/C13H17ClFN3/c1-7(10-5-8-2-3-9(10)4-8)17-12-11(15)6-16-13(14)18-12/h6-10H,2-5H2,1H3,(H,16,17,18). The van der Waals surface area contributed by atoms with Crippen molar-refractivity contribution in [1.82, 2.24) is 9.97 Å². The highest BCUT2D eigenvalue weighted by Gasteiger charge is 2.41. The normalized spacial score (nSPS) is 31.6. The summed E-state index contributed by atoms with van der Waals surface area (Å²) in [6.07, 6.45) is 6.43. The van der Waals surface area contributed by atoms with E-state index in [4.69, 9.17) is 11.6 Å². The molecule has 0 aromatic carbocycles. The van der Waals surface area contributed by atoms with Crippen LogP contribution < -0.4 is 5.32 Å². The number of anilines is 1. The van der Waals surface area contributed by atoms with E-state index in [1.54, 1.807) is 0 Å². The van der Waals surface area contributed by atoms with Crippen LogP contribution in [0.15, 0.2) is 6.20 Å². The number of hydrogen-bond acceptors (Lipinski definition) is 3. The Labute approximate surface area is 111 Å². The molecule has 1 aromatic heterocycles. The van der Waals surface area contributed by atoms with E-state index in [0.717, 1.165) is 18.0 Å². The van der Waals surface area contributed by atoms with Crippen molar-refractivity contribution in [3.63, 3.8) is 0 Å². The Balaban J connectivity index is 1.70. The molecule has 1 heterocycles. The minimum atomic E-state index is -0.436. The van der Waals surface area contributed by atoms with Crippen molar-refractivity contribution < 1.29 is 4.39 Å². The molecule has 2 aliphatic rings. The zero-order valence-electron chi connectivity index (χ0n) is 10.4. The van der Waals surface area contributed by atoms with Crippen molar-refractivity contribution in [1.29, 1.82) is 0 Å². The SMILES string of the molecule is CC(Nc1nc(Cl)ncc1F)C1CC2CCC1C2. The van der Waals surface area contributed by atoms with Gasteiger partial charge in [-0.2, -0.15) is 4.98 Å². The predicted molar refractivity (Wildman–Crippen MR) is 69.0 cm³/mol. The van der Waals surface area contributed by atoms with Crippen LogP contribution in [0, 0.1) is 23.6 Å². The summed E-state index contributed by atoms with van der Waals surface area (Å²) in [7, 11) is 0. The third-order valence-electron chi connectivity index (χ3n) is 4.51. The Kier molecular flexibility index (Phi) is 3.14. The third kappa shape index (κ3) is 2.18. The highest BCUT2D eigenvalue weighted by Crippen LogP contribution is 2.49. The average Bonchev–Trinajstić information content (AvgIpc) is 2.96. The van der Waals surface area contributed by atoms with Crippen LogP contribution in [0.1, 0.15) is 32.6 Å². The third-order valence-corrected chi connectivity index (χ3v) is 4.70. The van der Waals surface area contributed by atoms with Crippen molar-refractivity contribution >= 4 is 17.4 Å². The van der Waals surface area contributed by atoms with Crippen LogP contribution in [0.5, 0.6) is 0 Å². The maximum absolute atomic E-state index is 13.6. The average molecular weight is 270 g/mol. The van der Waals surface area contributed by atoms with Gasteiger partial charge in [-0.3, -0.25) is 0 Å². The number of rotatable bonds is 3. The topological polar surface area (TPSA) is 37.8 Å². The van der Waals surface area contributed by atoms with Gasteiger partial charge in [0.15, 0.2) is 11.6 Å². The Hall–Kier alpha value is -0.900. The highest BCUT2D eigenvalue weighted by molar-refractivity contribution is 6.28. The molecule has 18 heavy (non-hydrogen) atoms. The molecule has 98 valence electrons. The van der Waals surface area contributed by atoms with Gasteiger partial charge in [0.05, 0.1) is 6.20 Å². The van der Waals surface area contributed by atoms with E-state index in [2.05, 4.69) is 22.2 Å². The number of hydrogen-bond donors (Lipinski definition) is 1. The summed E-state index contributed by atoms with van der Waals surface area (Å²) < 4.78 is 13.6. The number of aromatic nitrogens is 2. The van der Waals surface area contributed by atoms with Crippen LogP contribution in [0.2, 0.25) is 5.28 Å². The molecule has 1 aromatic rings. The summed E-state index contributed by atoms with van der Waals surface area (Å²) in [5.41, 5.74) is 0. The largest absolute Gasteiger partial charge is 0.365 e. The quantitative estimate of drug-likeness (QED) is 0.854. The molecular weight excluding hydrogens is 253 g/mol. The van der Waals surface area contributed by atoms with Gasteiger partial charge in [-0.1, -0.05) is 6.42 Å². The zero-order valence-corrected chi connectivity index (χ0v) is 11.1. The summed E-state index contributed by atoms with van der Waals surface area (Å²) in [4.78, 5) is 7.54. The lowest BCUT2D eigenvalue weighted by atomic mass is 9.84. The summed E-state index contributed by atoms with van der Waals surface area (Å²) in [6.45, 7) is 2.11. The van der Waals surface area contributed by atoms with Gasteiger partial charge in [-0.25, -0.2) is 9.37 Å². The van der Waals surface area contributed by atoms with E-state index in [-0.39, 0.29) is 17.1 Å². The second kappa shape index (κ2) is 4.65. The van der Waals surface area contributed by atoms with Crippen LogP contribution >= 0.6 is 11.6 Å². The number of nitrogens with zero attached hydrogens (tertiary/aromatic N) is 2. The molecule has 0 radical (unpaired) electrons. The first-order valence-corrected chi connectivity index (χ1v) is 6.96. The van der Waals surface area contributed by atoms with Gasteiger partial charge in [0.1, 0.15) is 0 Å². The van der Waals surface area contributed by atoms with E-state index in [9.17, 15) is 4.39 Å². The molecule has 2 saturated carbocycles. The summed E-state index contributed by atoms with van der Waals surface area (Å²) >= 11 is 5.69. The molecule has 2 bridgehead atoms. The first-order valence-electron chi connectivity index (χ1n) is 6.58. The van der Waals surface area contributed by atoms with Gasteiger partial charge < -0.3 is 5.32 Å². The van der Waals surface area contributed by atoms with Gasteiger partial charge in [-0.05, 0) is 55.5 Å². The Morgan fingerprint density at radius 3 is 2.94 bits per heavy atom. The fourth-order valence-corrected chi connectivity index (χ4v) is 3.81. The van der Waals surface area contributed by atoms with Crippen molar-refractivity contribution in [3.05, 3.63) is 17.3 Å². The minimum absolute atomic E-state index is 0.0824. The number of fused-ring (bicyclic) bond motifs is 2. The predicted octanol–water partition coefficient (Wildman–Crippen LogP) is 3.51. The van der Waals surface area contributed by atoms with E-state index in [0.29, 0.717) is 5.92 Å². The van der Waals surface area contributed by atoms with Gasteiger partial charge >= 0.3 is 0 Å². The second-order valence-corrected chi connectivity index (χ2v) is 5.95. The molecule has 1 N–H and O–H groups in total. The number of nitrogens with one attached hydrogen (secondary N) is 1. The van der Waals surface area contributed by atoms with E-state index in [1.165, 1.54) is 25.7 Å². The Morgan fingerprint density at radius 1 is 1.44 bits per heavy atom. The molecule has 4 atom stereocenters. The van der Waals surface area contributed by atoms with Crippen LogP contribution in [0.3, 0.4) is 0 Å². The molecule has 0 aliphatic heterocycles. The summed E-state index contributed by atoms with van der Waals surface area (Å²) in [6, 6.07) is 0.237. The second-order valence-electron chi connectivity index (χ2n) is 5.61. The van der Waals surface area contributed by atoms with Crippen LogP contribution in [0.25, 0.3) is 0 Å². The highest BCUT2D eigenvalue weighted by atomic mass is 35.5. The smallest absolute Gasteiger partial charge is 0.224 e. The molecule has 3 rings (SSSR count). The lowest BCUT2D eigenvalue weighted by molar-refractivity contribution is 0.303. The van der Waals surface area contributed by atoms with E-state index >= 15 is 0 Å². The van der Waals surface area contributed by atoms with Gasteiger partial charge in [0.2, 0.25) is 5.28 Å². The van der Waals surface area contributed by atoms with E-state index < -0.39 is 5.82 Å². The zero-order chi connectivity index (χ0) is 12.7. The molecule has 5 heteroatoms. The lowest BCUT2D eigenvalue weighted by Crippen LogP contribution is -2.30. The monoisotopic (exact) mass is 269 g/mol. The van der Waals surface area contributed by atoms with E-state index in [1.807, 2.05) is 0 Å². The maximum Gasteiger partial charge on any atom is 0.224 e. The minimum Gasteiger partial charge on any atom is -0.365 e. The summed E-state index contributed by atoms with van der Waals surface area (Å²) in [5.74, 6) is 2.12. The Morgan fingerprint density at radius 2 is 2.28 bits per heavy atom. The van der Waals surface area contributed by atoms with Crippen LogP contribution in [-0.2, 0) is 0 Å². The maximum atomic E-state index is 13.6. The summed E-state index contributed by atoms with van der Waals surface area (Å²) in [5, 5.41) is 3.25. The first kappa shape index (κ1) is 12.2. The van der Waals surface area contributed by atoms with Crippen LogP contribution in [-0.4, -0.2) is 16.0 Å². The molecule has 2 aliphatic carbocycles. The van der Waals surface area contributed by atoms with Gasteiger partial charge in [-0.15, -0.1) is 0 Å². The van der Waals surface area contributed by atoms with Gasteiger partial charge in [0, 0.05) is 6.04 Å². The van der Waals surface area contributed by atoms with Crippen LogP contribution in [0.4, 0.5) is 10.2 Å². The number of halogens is 2. The molecule has 0 amide bonds. The molecule has 2 fully saturated rings. The fraction of sp³-hybridized carbons (Fsp3) is 0.692. The fourth-order valence-electron chi connectivity index (χ4n) is 3.68. The lowest BCUT2D eigenvalue weighted by Gasteiger charge is -2.28. The van der Waals surface area contributed by atoms with Crippen molar-refractivity contribution in [2.45, 2.75) is 38.6 Å².